The van der Waals surface area contributed by atoms with Gasteiger partial charge in [-0.25, -0.2) is 4.39 Å². The predicted octanol–water partition coefficient (Wildman–Crippen LogP) is 6.25. The number of methoxy groups -OCH3 is 1. The van der Waals surface area contributed by atoms with Gasteiger partial charge in [0.2, 0.25) is 0 Å². The zero-order valence-corrected chi connectivity index (χ0v) is 20.5. The molecule has 2 aromatic carbocycles. The summed E-state index contributed by atoms with van der Waals surface area (Å²) >= 11 is 0. The van der Waals surface area contributed by atoms with Crippen LogP contribution in [0.1, 0.15) is 37.8 Å². The third kappa shape index (κ3) is 7.35. The number of ether oxygens (including phenoxy) is 1. The standard InChI is InChI=1S/C29H36FN3O/c1-6-9-21(3)32-22(4)15-27(33-28-13-12-25(30)18-29(28)34-5)14-20(2)19-31-26-16-23-10-7-8-11-24(23)17-26/h7-8,10-15,18,26,31-33H,2-3,6,9,16-17,19H2,1,4-5H3/b22-15+,27-14+. The Balaban J connectivity index is 1.72. The molecule has 0 radical (unpaired) electrons. The van der Waals surface area contributed by atoms with E-state index in [4.69, 9.17) is 4.74 Å². The van der Waals surface area contributed by atoms with E-state index >= 15 is 0 Å². The van der Waals surface area contributed by atoms with Crippen LogP contribution in [-0.4, -0.2) is 19.7 Å². The summed E-state index contributed by atoms with van der Waals surface area (Å²) in [6.45, 7) is 13.1. The zero-order chi connectivity index (χ0) is 24.5. The number of fused-ring (bicyclic) bond motifs is 1. The maximum Gasteiger partial charge on any atom is 0.145 e. The Kier molecular flexibility index (Phi) is 9.11. The minimum absolute atomic E-state index is 0.344. The topological polar surface area (TPSA) is 45.3 Å². The Labute approximate surface area is 203 Å². The Hall–Kier alpha value is -3.31. The minimum Gasteiger partial charge on any atom is -0.494 e. The van der Waals surface area contributed by atoms with E-state index in [-0.39, 0.29) is 5.82 Å². The molecule has 1 aliphatic carbocycles. The minimum atomic E-state index is -0.344. The van der Waals surface area contributed by atoms with E-state index in [2.05, 4.69) is 60.3 Å². The van der Waals surface area contributed by atoms with E-state index in [0.717, 1.165) is 48.3 Å². The van der Waals surface area contributed by atoms with Gasteiger partial charge in [-0.3, -0.25) is 0 Å². The van der Waals surface area contributed by atoms with Crippen molar-refractivity contribution in [3.05, 3.63) is 107 Å². The molecule has 0 fully saturated rings. The van der Waals surface area contributed by atoms with Crippen LogP contribution in [0.25, 0.3) is 0 Å². The first kappa shape index (κ1) is 25.3. The SMILES string of the molecule is C=C(/C=C(\C=C(/C)NC(=C)CCC)Nc1ccc(F)cc1OC)CNC1Cc2ccccc2C1. The predicted molar refractivity (Wildman–Crippen MR) is 140 cm³/mol. The molecule has 2 aromatic rings. The summed E-state index contributed by atoms with van der Waals surface area (Å²) in [4.78, 5) is 0. The van der Waals surface area contributed by atoms with Crippen LogP contribution in [0.15, 0.2) is 90.4 Å². The van der Waals surface area contributed by atoms with Gasteiger partial charge in [-0.15, -0.1) is 0 Å². The first-order valence-electron chi connectivity index (χ1n) is 11.8. The second kappa shape index (κ2) is 12.2. The van der Waals surface area contributed by atoms with Gasteiger partial charge < -0.3 is 20.7 Å². The van der Waals surface area contributed by atoms with Gasteiger partial charge in [-0.05, 0) is 67.2 Å². The lowest BCUT2D eigenvalue weighted by Gasteiger charge is -2.16. The van der Waals surface area contributed by atoms with Gasteiger partial charge in [-0.2, -0.15) is 0 Å². The monoisotopic (exact) mass is 461 g/mol. The third-order valence-corrected chi connectivity index (χ3v) is 5.77. The van der Waals surface area contributed by atoms with Gasteiger partial charge in [0.1, 0.15) is 11.6 Å². The Bertz CT molecular complexity index is 1060. The molecular formula is C29H36FN3O. The molecule has 34 heavy (non-hydrogen) atoms. The first-order chi connectivity index (χ1) is 16.4. The highest BCUT2D eigenvalue weighted by molar-refractivity contribution is 5.61. The van der Waals surface area contributed by atoms with Gasteiger partial charge in [-0.1, -0.05) is 50.8 Å². The largest absolute Gasteiger partial charge is 0.494 e. The summed E-state index contributed by atoms with van der Waals surface area (Å²) in [5.41, 5.74) is 7.20. The van der Waals surface area contributed by atoms with Crippen molar-refractivity contribution in [1.82, 2.24) is 10.6 Å². The van der Waals surface area contributed by atoms with Crippen LogP contribution in [0.5, 0.6) is 5.75 Å². The van der Waals surface area contributed by atoms with Gasteiger partial charge in [0.15, 0.2) is 0 Å². The third-order valence-electron chi connectivity index (χ3n) is 5.77. The molecule has 0 heterocycles. The van der Waals surface area contributed by atoms with Crippen molar-refractivity contribution >= 4 is 5.69 Å². The number of nitrogens with one attached hydrogen (secondary N) is 3. The maximum absolute atomic E-state index is 13.7. The Morgan fingerprint density at radius 3 is 2.47 bits per heavy atom. The molecule has 4 nitrogen and oxygen atoms in total. The van der Waals surface area contributed by atoms with Crippen LogP contribution < -0.4 is 20.7 Å². The molecule has 0 aliphatic heterocycles. The molecule has 180 valence electrons. The fraction of sp³-hybridized carbons (Fsp3) is 0.310. The summed E-state index contributed by atoms with van der Waals surface area (Å²) in [5, 5.41) is 10.3. The average molecular weight is 462 g/mol. The fourth-order valence-corrected chi connectivity index (χ4v) is 4.20. The quantitative estimate of drug-likeness (QED) is 0.327. The molecule has 3 rings (SSSR count). The maximum atomic E-state index is 13.7. The summed E-state index contributed by atoms with van der Waals surface area (Å²) in [5.74, 6) is 0.0936. The first-order valence-corrected chi connectivity index (χ1v) is 11.8. The molecule has 0 amide bonds. The number of allylic oxidation sites excluding steroid dienone is 3. The highest BCUT2D eigenvalue weighted by Crippen LogP contribution is 2.27. The molecule has 0 spiro atoms. The van der Waals surface area contributed by atoms with Crippen LogP contribution in [0, 0.1) is 5.82 Å². The van der Waals surface area contributed by atoms with Crippen LogP contribution in [0.3, 0.4) is 0 Å². The lowest BCUT2D eigenvalue weighted by molar-refractivity contribution is 0.413. The van der Waals surface area contributed by atoms with Crippen LogP contribution in [0.4, 0.5) is 10.1 Å². The van der Waals surface area contributed by atoms with Crippen molar-refractivity contribution in [2.75, 3.05) is 19.0 Å². The zero-order valence-electron chi connectivity index (χ0n) is 20.5. The van der Waals surface area contributed by atoms with Crippen molar-refractivity contribution in [3.63, 3.8) is 0 Å². The van der Waals surface area contributed by atoms with Gasteiger partial charge in [0.25, 0.3) is 0 Å². The molecule has 0 aromatic heterocycles. The average Bonchev–Trinajstić information content (AvgIpc) is 3.22. The normalized spacial score (nSPS) is 14.0. The molecule has 0 saturated carbocycles. The van der Waals surface area contributed by atoms with Crippen molar-refractivity contribution < 1.29 is 9.13 Å². The van der Waals surface area contributed by atoms with Gasteiger partial charge in [0, 0.05) is 35.7 Å². The van der Waals surface area contributed by atoms with Crippen molar-refractivity contribution in [3.8, 4) is 5.75 Å². The van der Waals surface area contributed by atoms with Crippen LogP contribution >= 0.6 is 0 Å². The summed E-state index contributed by atoms with van der Waals surface area (Å²) in [6, 6.07) is 13.5. The summed E-state index contributed by atoms with van der Waals surface area (Å²) < 4.78 is 19.0. The van der Waals surface area contributed by atoms with E-state index < -0.39 is 0 Å². The number of rotatable bonds is 12. The molecule has 0 saturated heterocycles. The molecule has 0 atom stereocenters. The summed E-state index contributed by atoms with van der Waals surface area (Å²) in [6.07, 6.45) is 8.01. The number of anilines is 1. The number of hydrogen-bond acceptors (Lipinski definition) is 4. The van der Waals surface area contributed by atoms with E-state index in [1.54, 1.807) is 6.07 Å². The van der Waals surface area contributed by atoms with E-state index in [1.807, 2.05) is 19.1 Å². The highest BCUT2D eigenvalue weighted by atomic mass is 19.1. The van der Waals surface area contributed by atoms with Crippen molar-refractivity contribution in [2.24, 2.45) is 0 Å². The molecule has 5 heteroatoms. The van der Waals surface area contributed by atoms with Crippen LogP contribution in [-0.2, 0) is 12.8 Å². The van der Waals surface area contributed by atoms with Crippen molar-refractivity contribution in [2.45, 2.75) is 45.6 Å². The Morgan fingerprint density at radius 1 is 1.12 bits per heavy atom. The fourth-order valence-electron chi connectivity index (χ4n) is 4.20. The molecule has 3 N–H and O–H groups in total. The van der Waals surface area contributed by atoms with Gasteiger partial charge >= 0.3 is 0 Å². The Morgan fingerprint density at radius 2 is 1.82 bits per heavy atom. The van der Waals surface area contributed by atoms with Crippen molar-refractivity contribution in [1.29, 1.82) is 0 Å². The second-order valence-electron chi connectivity index (χ2n) is 8.79. The number of benzene rings is 2. The lowest BCUT2D eigenvalue weighted by Crippen LogP contribution is -2.30. The van der Waals surface area contributed by atoms with E-state index in [0.29, 0.717) is 24.0 Å². The van der Waals surface area contributed by atoms with E-state index in [9.17, 15) is 4.39 Å². The second-order valence-corrected chi connectivity index (χ2v) is 8.79. The van der Waals surface area contributed by atoms with E-state index in [1.165, 1.54) is 30.4 Å². The highest BCUT2D eigenvalue weighted by Gasteiger charge is 2.20. The lowest BCUT2D eigenvalue weighted by atomic mass is 10.1. The van der Waals surface area contributed by atoms with Gasteiger partial charge in [0.05, 0.1) is 12.8 Å². The smallest absolute Gasteiger partial charge is 0.145 e. The summed E-state index contributed by atoms with van der Waals surface area (Å²) in [7, 11) is 1.53. The molecular weight excluding hydrogens is 425 g/mol. The number of hydrogen-bond donors (Lipinski definition) is 3. The van der Waals surface area contributed by atoms with Crippen LogP contribution in [0.2, 0.25) is 0 Å². The molecule has 1 aliphatic rings. The number of halogens is 1. The molecule has 0 bridgehead atoms. The molecule has 0 unspecified atom stereocenters.